The van der Waals surface area contributed by atoms with Crippen molar-refractivity contribution in [3.05, 3.63) is 58.9 Å². The summed E-state index contributed by atoms with van der Waals surface area (Å²) in [5.74, 6) is 2.64. The Bertz CT molecular complexity index is 817. The van der Waals surface area contributed by atoms with Gasteiger partial charge in [-0.05, 0) is 72.3 Å². The van der Waals surface area contributed by atoms with Crippen LogP contribution in [0.15, 0.2) is 42.5 Å². The maximum Gasteiger partial charge on any atom is 0.142 e. The molecular weight excluding hydrogens is 419 g/mol. The Labute approximate surface area is 195 Å². The summed E-state index contributed by atoms with van der Waals surface area (Å²) < 4.78 is 13.7. The van der Waals surface area contributed by atoms with E-state index in [0.29, 0.717) is 0 Å². The van der Waals surface area contributed by atoms with Crippen LogP contribution in [0.1, 0.15) is 63.9 Å². The van der Waals surface area contributed by atoms with Crippen molar-refractivity contribution < 1.29 is 4.39 Å². The van der Waals surface area contributed by atoms with Crippen LogP contribution in [-0.4, -0.2) is 8.80 Å². The molecule has 3 heteroatoms. The van der Waals surface area contributed by atoms with Crippen LogP contribution < -0.4 is 0 Å². The first-order valence-electron chi connectivity index (χ1n) is 12.5. The van der Waals surface area contributed by atoms with Crippen LogP contribution in [0.25, 0.3) is 11.1 Å². The highest BCUT2D eigenvalue weighted by atomic mass is 35.5. The fraction of sp³-hybridized carbons (Fsp3) is 0.571. The Hall–Kier alpha value is -1.12. The van der Waals surface area contributed by atoms with E-state index in [-0.39, 0.29) is 19.6 Å². The van der Waals surface area contributed by atoms with E-state index in [0.717, 1.165) is 35.3 Å². The van der Waals surface area contributed by atoms with E-state index in [1.807, 2.05) is 6.07 Å². The minimum atomic E-state index is -0.352. The van der Waals surface area contributed by atoms with Crippen LogP contribution in [0.2, 0.25) is 23.2 Å². The quantitative estimate of drug-likeness (QED) is 0.365. The first-order chi connectivity index (χ1) is 15.1. The van der Waals surface area contributed by atoms with Crippen molar-refractivity contribution in [2.45, 2.75) is 82.8 Å². The van der Waals surface area contributed by atoms with E-state index in [1.165, 1.54) is 50.2 Å². The second-order valence-corrected chi connectivity index (χ2v) is 13.4. The highest BCUT2D eigenvalue weighted by molar-refractivity contribution is 6.58. The summed E-state index contributed by atoms with van der Waals surface area (Å²) in [5, 5.41) is 0.181. The van der Waals surface area contributed by atoms with Gasteiger partial charge >= 0.3 is 0 Å². The summed E-state index contributed by atoms with van der Waals surface area (Å²) in [4.78, 5) is 0. The zero-order chi connectivity index (χ0) is 21.6. The highest BCUT2D eigenvalue weighted by Crippen LogP contribution is 2.42. The molecular formula is C28H37ClFSi. The smallest absolute Gasteiger partial charge is 0.142 e. The first kappa shape index (κ1) is 23.0. The van der Waals surface area contributed by atoms with Gasteiger partial charge in [0.2, 0.25) is 0 Å². The summed E-state index contributed by atoms with van der Waals surface area (Å²) in [6.07, 6.45) is 12.8. The Morgan fingerprint density at radius 3 is 2.16 bits per heavy atom. The highest BCUT2D eigenvalue weighted by Gasteiger charge is 2.30. The Morgan fingerprint density at radius 1 is 0.871 bits per heavy atom. The molecule has 0 nitrogen and oxygen atoms in total. The minimum Gasteiger partial charge on any atom is -0.205 e. The Balaban J connectivity index is 1.21. The van der Waals surface area contributed by atoms with E-state index in [1.54, 1.807) is 37.0 Å². The number of hydrogen-bond donors (Lipinski definition) is 0. The molecule has 4 rings (SSSR count). The second kappa shape index (κ2) is 11.1. The number of hydrogen-bond acceptors (Lipinski definition) is 0. The maximum absolute atomic E-state index is 13.7. The average Bonchev–Trinajstić information content (AvgIpc) is 2.81. The summed E-state index contributed by atoms with van der Waals surface area (Å²) >= 11 is 5.80. The van der Waals surface area contributed by atoms with Gasteiger partial charge in [-0.3, -0.25) is 0 Å². The Morgan fingerprint density at radius 2 is 1.52 bits per heavy atom. The molecule has 1 saturated carbocycles. The van der Waals surface area contributed by atoms with Crippen molar-refractivity contribution in [3.8, 4) is 11.1 Å². The number of benzene rings is 2. The van der Waals surface area contributed by atoms with Crippen molar-refractivity contribution in [2.75, 3.05) is 0 Å². The molecule has 1 heterocycles. The maximum atomic E-state index is 13.7. The zero-order valence-electron chi connectivity index (χ0n) is 19.0. The lowest BCUT2D eigenvalue weighted by atomic mass is 9.73. The largest absolute Gasteiger partial charge is 0.205 e. The van der Waals surface area contributed by atoms with Gasteiger partial charge in [-0.1, -0.05) is 99.1 Å². The third-order valence-corrected chi connectivity index (χ3v) is 11.5. The molecule has 31 heavy (non-hydrogen) atoms. The third-order valence-electron chi connectivity index (χ3n) is 7.95. The molecule has 0 atom stereocenters. The average molecular weight is 456 g/mol. The van der Waals surface area contributed by atoms with E-state index in [2.05, 4.69) is 31.2 Å². The second-order valence-electron chi connectivity index (χ2n) is 9.98. The lowest BCUT2D eigenvalue weighted by Gasteiger charge is -2.37. The molecule has 2 aromatic rings. The van der Waals surface area contributed by atoms with E-state index >= 15 is 0 Å². The topological polar surface area (TPSA) is 0 Å². The number of halogens is 2. The summed E-state index contributed by atoms with van der Waals surface area (Å²) in [7, 11) is 0.0322. The summed E-state index contributed by atoms with van der Waals surface area (Å²) in [5.41, 5.74) is 3.34. The lowest BCUT2D eigenvalue weighted by molar-refractivity contribution is 0.186. The first-order valence-corrected chi connectivity index (χ1v) is 15.0. The van der Waals surface area contributed by atoms with Gasteiger partial charge in [-0.15, -0.1) is 0 Å². The van der Waals surface area contributed by atoms with Gasteiger partial charge in [-0.25, -0.2) is 4.39 Å². The van der Waals surface area contributed by atoms with Gasteiger partial charge < -0.3 is 0 Å². The molecule has 0 unspecified atom stereocenters. The van der Waals surface area contributed by atoms with Crippen LogP contribution in [0, 0.1) is 23.6 Å². The van der Waals surface area contributed by atoms with Crippen LogP contribution in [0.4, 0.5) is 4.39 Å². The van der Waals surface area contributed by atoms with Crippen LogP contribution in [0.3, 0.4) is 0 Å². The molecule has 1 radical (unpaired) electrons. The number of rotatable bonds is 7. The molecule has 2 fully saturated rings. The molecule has 2 aliphatic rings. The summed E-state index contributed by atoms with van der Waals surface area (Å²) in [6, 6.07) is 18.5. The molecule has 1 aliphatic carbocycles. The van der Waals surface area contributed by atoms with Gasteiger partial charge in [0.25, 0.3) is 0 Å². The van der Waals surface area contributed by atoms with Crippen LogP contribution in [-0.2, 0) is 6.42 Å². The van der Waals surface area contributed by atoms with Gasteiger partial charge in [-0.2, -0.15) is 0 Å². The SMILES string of the molecule is CCC[Si]1CCC(C2CCC(CCc3ccc(-c4ccc(Cl)c(F)c4)cc3)CC2)CC1. The van der Waals surface area contributed by atoms with Gasteiger partial charge in [0.15, 0.2) is 0 Å². The van der Waals surface area contributed by atoms with E-state index < -0.39 is 0 Å². The number of aryl methyl sites for hydroxylation is 1. The monoisotopic (exact) mass is 455 g/mol. The van der Waals surface area contributed by atoms with E-state index in [4.69, 9.17) is 11.6 Å². The van der Waals surface area contributed by atoms with Crippen molar-refractivity contribution in [2.24, 2.45) is 17.8 Å². The van der Waals surface area contributed by atoms with Gasteiger partial charge in [0.05, 0.1) is 5.02 Å². The van der Waals surface area contributed by atoms with Gasteiger partial charge in [0, 0.05) is 8.80 Å². The van der Waals surface area contributed by atoms with E-state index in [9.17, 15) is 4.39 Å². The summed E-state index contributed by atoms with van der Waals surface area (Å²) in [6.45, 7) is 2.36. The molecule has 0 aromatic heterocycles. The van der Waals surface area contributed by atoms with Crippen LogP contribution >= 0.6 is 11.6 Å². The lowest BCUT2D eigenvalue weighted by Crippen LogP contribution is -2.28. The molecule has 1 aliphatic heterocycles. The molecule has 1 saturated heterocycles. The predicted molar refractivity (Wildman–Crippen MR) is 134 cm³/mol. The normalized spacial score (nSPS) is 23.2. The molecule has 0 bridgehead atoms. The zero-order valence-corrected chi connectivity index (χ0v) is 20.8. The van der Waals surface area contributed by atoms with Crippen molar-refractivity contribution >= 4 is 20.4 Å². The standard InChI is InChI=1S/C28H37ClFSi/c1-2-17-31-18-15-25(16-19-31)23-9-5-21(6-10-23)3-4-22-7-11-24(12-8-22)26-13-14-27(29)28(30)20-26/h7-8,11-14,20-21,23,25H,2-6,9-10,15-19H2,1H3. The fourth-order valence-electron chi connectivity index (χ4n) is 5.98. The molecule has 0 amide bonds. The van der Waals surface area contributed by atoms with Crippen molar-refractivity contribution in [3.63, 3.8) is 0 Å². The Kier molecular flexibility index (Phi) is 8.28. The third kappa shape index (κ3) is 6.23. The predicted octanol–water partition coefficient (Wildman–Crippen LogP) is 9.20. The van der Waals surface area contributed by atoms with Crippen molar-refractivity contribution in [1.82, 2.24) is 0 Å². The van der Waals surface area contributed by atoms with Crippen LogP contribution in [0.5, 0.6) is 0 Å². The molecule has 2 aromatic carbocycles. The van der Waals surface area contributed by atoms with Crippen molar-refractivity contribution in [1.29, 1.82) is 0 Å². The molecule has 0 N–H and O–H groups in total. The minimum absolute atomic E-state index is 0.0322. The molecule has 0 spiro atoms. The van der Waals surface area contributed by atoms with Gasteiger partial charge in [0.1, 0.15) is 5.82 Å². The molecule has 167 valence electrons. The fourth-order valence-corrected chi connectivity index (χ4v) is 9.11.